The van der Waals surface area contributed by atoms with Gasteiger partial charge in [-0.2, -0.15) is 0 Å². The highest BCUT2D eigenvalue weighted by atomic mass is 16.6. The standard InChI is InChI=1S/C19H21N5O2/c1-15-12-23(14-21-15)11-5-10-20-19(13-24(25)26)22-18-9-4-7-16-6-2-3-8-17(16)18/h2-4,6-9,12-14,20,22H,5,10-11H2,1H3. The number of nitro groups is 1. The summed E-state index contributed by atoms with van der Waals surface area (Å²) in [6.45, 7) is 3.35. The second kappa shape index (κ2) is 8.15. The molecule has 0 atom stereocenters. The van der Waals surface area contributed by atoms with E-state index in [2.05, 4.69) is 15.6 Å². The lowest BCUT2D eigenvalue weighted by atomic mass is 10.1. The molecule has 0 radical (unpaired) electrons. The normalized spacial score (nSPS) is 11.5. The lowest BCUT2D eigenvalue weighted by Gasteiger charge is -2.13. The van der Waals surface area contributed by atoms with E-state index in [1.165, 1.54) is 0 Å². The Balaban J connectivity index is 1.65. The van der Waals surface area contributed by atoms with Crippen LogP contribution in [-0.2, 0) is 6.54 Å². The van der Waals surface area contributed by atoms with Gasteiger partial charge < -0.3 is 15.2 Å². The number of aryl methyl sites for hydroxylation is 2. The summed E-state index contributed by atoms with van der Waals surface area (Å²) in [7, 11) is 0. The van der Waals surface area contributed by atoms with Crippen LogP contribution in [0.3, 0.4) is 0 Å². The fourth-order valence-electron chi connectivity index (χ4n) is 2.79. The minimum absolute atomic E-state index is 0.369. The molecule has 0 amide bonds. The zero-order chi connectivity index (χ0) is 18.4. The summed E-state index contributed by atoms with van der Waals surface area (Å²) in [6.07, 6.45) is 5.55. The maximum Gasteiger partial charge on any atom is 0.274 e. The number of hydrogen-bond donors (Lipinski definition) is 2. The molecule has 1 heterocycles. The highest BCUT2D eigenvalue weighted by Crippen LogP contribution is 2.23. The molecule has 0 aliphatic carbocycles. The topological polar surface area (TPSA) is 85.0 Å². The molecule has 0 unspecified atom stereocenters. The smallest absolute Gasteiger partial charge is 0.274 e. The van der Waals surface area contributed by atoms with Gasteiger partial charge in [-0.1, -0.05) is 36.4 Å². The van der Waals surface area contributed by atoms with Crippen LogP contribution in [0.2, 0.25) is 0 Å². The van der Waals surface area contributed by atoms with Crippen molar-refractivity contribution in [2.45, 2.75) is 19.9 Å². The molecule has 26 heavy (non-hydrogen) atoms. The number of rotatable bonds is 8. The first kappa shape index (κ1) is 17.5. The fraction of sp³-hybridized carbons (Fsp3) is 0.211. The number of imidazole rings is 1. The van der Waals surface area contributed by atoms with Crippen LogP contribution in [0.5, 0.6) is 0 Å². The van der Waals surface area contributed by atoms with Crippen molar-refractivity contribution in [1.29, 1.82) is 0 Å². The van der Waals surface area contributed by atoms with Gasteiger partial charge in [-0.15, -0.1) is 0 Å². The third-order valence-electron chi connectivity index (χ3n) is 3.96. The molecule has 0 saturated heterocycles. The molecule has 134 valence electrons. The second-order valence-electron chi connectivity index (χ2n) is 6.01. The molecule has 2 N–H and O–H groups in total. The van der Waals surface area contributed by atoms with Gasteiger partial charge in [0.2, 0.25) is 0 Å². The predicted octanol–water partition coefficient (Wildman–Crippen LogP) is 3.51. The van der Waals surface area contributed by atoms with Crippen molar-refractivity contribution in [2.24, 2.45) is 0 Å². The quantitative estimate of drug-likeness (QED) is 0.368. The van der Waals surface area contributed by atoms with Crippen LogP contribution in [-0.4, -0.2) is 21.0 Å². The van der Waals surface area contributed by atoms with E-state index in [1.54, 1.807) is 6.33 Å². The first-order valence-corrected chi connectivity index (χ1v) is 8.44. The first-order valence-electron chi connectivity index (χ1n) is 8.44. The molecule has 3 rings (SSSR count). The Kier molecular flexibility index (Phi) is 5.48. The molecule has 0 aliphatic rings. The highest BCUT2D eigenvalue weighted by Gasteiger charge is 2.06. The van der Waals surface area contributed by atoms with E-state index in [4.69, 9.17) is 0 Å². The van der Waals surface area contributed by atoms with Crippen molar-refractivity contribution < 1.29 is 4.92 Å². The van der Waals surface area contributed by atoms with E-state index >= 15 is 0 Å². The number of aromatic nitrogens is 2. The number of hydrogen-bond acceptors (Lipinski definition) is 5. The summed E-state index contributed by atoms with van der Waals surface area (Å²) in [5, 5.41) is 19.3. The minimum atomic E-state index is -0.459. The molecule has 3 aromatic rings. The lowest BCUT2D eigenvalue weighted by molar-refractivity contribution is -0.403. The van der Waals surface area contributed by atoms with Crippen molar-refractivity contribution in [3.05, 3.63) is 82.8 Å². The molecule has 7 nitrogen and oxygen atoms in total. The molecule has 0 aliphatic heterocycles. The maximum absolute atomic E-state index is 11.0. The lowest BCUT2D eigenvalue weighted by Crippen LogP contribution is -2.23. The number of fused-ring (bicyclic) bond motifs is 1. The van der Waals surface area contributed by atoms with E-state index in [1.807, 2.05) is 60.2 Å². The third-order valence-corrected chi connectivity index (χ3v) is 3.96. The summed E-state index contributed by atoms with van der Waals surface area (Å²) in [6, 6.07) is 13.8. The van der Waals surface area contributed by atoms with E-state index in [9.17, 15) is 10.1 Å². The largest absolute Gasteiger partial charge is 0.366 e. The van der Waals surface area contributed by atoms with Gasteiger partial charge in [-0.3, -0.25) is 10.1 Å². The highest BCUT2D eigenvalue weighted by molar-refractivity contribution is 5.94. The van der Waals surface area contributed by atoms with Crippen LogP contribution in [0.25, 0.3) is 10.8 Å². The Bertz CT molecular complexity index is 927. The average molecular weight is 351 g/mol. The van der Waals surface area contributed by atoms with Gasteiger partial charge in [0.1, 0.15) is 0 Å². The molecule has 7 heteroatoms. The van der Waals surface area contributed by atoms with Gasteiger partial charge in [-0.25, -0.2) is 4.98 Å². The van der Waals surface area contributed by atoms with Gasteiger partial charge in [-0.05, 0) is 24.8 Å². The SMILES string of the molecule is Cc1cn(CCCNC(=C[N+](=O)[O-])Nc2cccc3ccccc23)cn1. The van der Waals surface area contributed by atoms with Crippen LogP contribution < -0.4 is 10.6 Å². The van der Waals surface area contributed by atoms with Crippen LogP contribution in [0.1, 0.15) is 12.1 Å². The van der Waals surface area contributed by atoms with Crippen molar-refractivity contribution >= 4 is 16.5 Å². The van der Waals surface area contributed by atoms with Crippen LogP contribution in [0.4, 0.5) is 5.69 Å². The monoisotopic (exact) mass is 351 g/mol. The Morgan fingerprint density at radius 3 is 2.85 bits per heavy atom. The van der Waals surface area contributed by atoms with E-state index in [-0.39, 0.29) is 0 Å². The predicted molar refractivity (Wildman–Crippen MR) is 102 cm³/mol. The van der Waals surface area contributed by atoms with E-state index < -0.39 is 4.92 Å². The van der Waals surface area contributed by atoms with Crippen molar-refractivity contribution in [1.82, 2.24) is 14.9 Å². The second-order valence-corrected chi connectivity index (χ2v) is 6.01. The number of benzene rings is 2. The van der Waals surface area contributed by atoms with Crippen LogP contribution in [0.15, 0.2) is 67.0 Å². The minimum Gasteiger partial charge on any atom is -0.366 e. The van der Waals surface area contributed by atoms with E-state index in [0.29, 0.717) is 12.4 Å². The summed E-state index contributed by atoms with van der Waals surface area (Å²) >= 11 is 0. The van der Waals surface area contributed by atoms with Gasteiger partial charge in [0.05, 0.1) is 16.9 Å². The Labute approximate surface area is 151 Å². The molecule has 1 aromatic heterocycles. The molecule has 0 bridgehead atoms. The molecular formula is C19H21N5O2. The van der Waals surface area contributed by atoms with Crippen LogP contribution in [0, 0.1) is 17.0 Å². The Hall–Kier alpha value is -3.35. The van der Waals surface area contributed by atoms with Gasteiger partial charge in [0, 0.05) is 30.4 Å². The van der Waals surface area contributed by atoms with Crippen molar-refractivity contribution in [3.8, 4) is 0 Å². The molecule has 0 spiro atoms. The zero-order valence-corrected chi connectivity index (χ0v) is 14.6. The van der Waals surface area contributed by atoms with Gasteiger partial charge >= 0.3 is 0 Å². The summed E-state index contributed by atoms with van der Waals surface area (Å²) < 4.78 is 2.01. The number of anilines is 1. The van der Waals surface area contributed by atoms with Crippen molar-refractivity contribution in [2.75, 3.05) is 11.9 Å². The molecule has 2 aromatic carbocycles. The summed E-state index contributed by atoms with van der Waals surface area (Å²) in [5.41, 5.74) is 1.80. The Morgan fingerprint density at radius 1 is 1.27 bits per heavy atom. The summed E-state index contributed by atoms with van der Waals surface area (Å²) in [5.74, 6) is 0.369. The van der Waals surface area contributed by atoms with E-state index in [0.717, 1.165) is 41.3 Å². The average Bonchev–Trinajstić information content (AvgIpc) is 3.04. The third kappa shape index (κ3) is 4.60. The fourth-order valence-corrected chi connectivity index (χ4v) is 2.79. The van der Waals surface area contributed by atoms with Crippen LogP contribution >= 0.6 is 0 Å². The van der Waals surface area contributed by atoms with Gasteiger partial charge in [0.25, 0.3) is 6.20 Å². The van der Waals surface area contributed by atoms with Gasteiger partial charge in [0.15, 0.2) is 5.82 Å². The first-order chi connectivity index (χ1) is 12.6. The van der Waals surface area contributed by atoms with Crippen molar-refractivity contribution in [3.63, 3.8) is 0 Å². The number of nitrogens with zero attached hydrogens (tertiary/aromatic N) is 3. The molecular weight excluding hydrogens is 330 g/mol. The maximum atomic E-state index is 11.0. The molecule has 0 fully saturated rings. The zero-order valence-electron chi connectivity index (χ0n) is 14.6. The number of nitrogens with one attached hydrogen (secondary N) is 2. The summed E-state index contributed by atoms with van der Waals surface area (Å²) in [4.78, 5) is 14.7. The Morgan fingerprint density at radius 2 is 2.08 bits per heavy atom. The molecule has 0 saturated carbocycles.